The summed E-state index contributed by atoms with van der Waals surface area (Å²) in [6.45, 7) is 5.79. The largest absolute Gasteiger partial charge is 0.493 e. The molecule has 0 saturated heterocycles. The topological polar surface area (TPSA) is 65.7 Å². The Morgan fingerprint density at radius 2 is 1.97 bits per heavy atom. The molecule has 0 radical (unpaired) electrons. The monoisotopic (exact) mass is 599 g/mol. The van der Waals surface area contributed by atoms with Gasteiger partial charge in [-0.3, -0.25) is 4.79 Å². The molecule has 9 heteroatoms. The highest BCUT2D eigenvalue weighted by molar-refractivity contribution is 9.13. The van der Waals surface area contributed by atoms with Gasteiger partial charge in [0.05, 0.1) is 34.8 Å². The van der Waals surface area contributed by atoms with Crippen LogP contribution in [0, 0.1) is 6.92 Å². The Bertz CT molecular complexity index is 1190. The Labute approximate surface area is 199 Å². The molecule has 0 aliphatic rings. The third-order valence-corrected chi connectivity index (χ3v) is 7.19. The number of nitrogens with zero attached hydrogens (tertiary/aromatic N) is 3. The number of hydrogen-bond acceptors (Lipinski definition) is 5. The van der Waals surface area contributed by atoms with Crippen molar-refractivity contribution in [3.63, 3.8) is 0 Å². The Hall–Kier alpha value is -1.71. The van der Waals surface area contributed by atoms with E-state index in [0.717, 1.165) is 20.9 Å². The summed E-state index contributed by atoms with van der Waals surface area (Å²) < 4.78 is 15.1. The number of fused-ring (bicyclic) bond motifs is 1. The van der Waals surface area contributed by atoms with Crippen LogP contribution in [0.2, 0.25) is 0 Å². The number of rotatable bonds is 6. The molecule has 0 aliphatic carbocycles. The lowest BCUT2D eigenvalue weighted by atomic mass is 10.2. The summed E-state index contributed by atoms with van der Waals surface area (Å²) in [5.74, 6) is 1.67. The molecular formula is C21H20Br3N3O3. The predicted molar refractivity (Wildman–Crippen MR) is 130 cm³/mol. The molecule has 158 valence electrons. The Morgan fingerprint density at radius 1 is 1.23 bits per heavy atom. The average Bonchev–Trinajstić information content (AvgIpc) is 2.73. The molecule has 0 N–H and O–H groups in total. The third-order valence-electron chi connectivity index (χ3n) is 4.55. The van der Waals surface area contributed by atoms with Crippen LogP contribution < -0.4 is 15.0 Å². The molecule has 0 saturated carbocycles. The molecule has 1 aromatic heterocycles. The van der Waals surface area contributed by atoms with Gasteiger partial charge in [-0.25, -0.2) is 4.98 Å². The van der Waals surface area contributed by atoms with Gasteiger partial charge in [0, 0.05) is 14.5 Å². The van der Waals surface area contributed by atoms with Gasteiger partial charge in [-0.05, 0) is 76.4 Å². The maximum absolute atomic E-state index is 12.9. The van der Waals surface area contributed by atoms with Crippen LogP contribution in [-0.4, -0.2) is 29.1 Å². The fraction of sp³-hybridized carbons (Fsp3) is 0.286. The molecule has 3 rings (SSSR count). The zero-order valence-corrected chi connectivity index (χ0v) is 21.6. The van der Waals surface area contributed by atoms with Crippen LogP contribution >= 0.6 is 47.8 Å². The first-order chi connectivity index (χ1) is 14.3. The molecule has 2 aromatic carbocycles. The highest BCUT2D eigenvalue weighted by atomic mass is 79.9. The van der Waals surface area contributed by atoms with Gasteiger partial charge in [-0.15, -0.1) is 0 Å². The second-order valence-corrected chi connectivity index (χ2v) is 9.15. The summed E-state index contributed by atoms with van der Waals surface area (Å²) in [6, 6.07) is 7.20. The van der Waals surface area contributed by atoms with Crippen molar-refractivity contribution < 1.29 is 9.47 Å². The number of hydrogen-bond donors (Lipinski definition) is 0. The lowest BCUT2D eigenvalue weighted by Crippen LogP contribution is -2.20. The molecule has 1 atom stereocenters. The van der Waals surface area contributed by atoms with E-state index in [0.29, 0.717) is 32.7 Å². The SMILES string of the molecule is CC[C@H](C)Oc1c(OC)cc(C=Nn2c(C)nc3ccc(Br)cc3c2=O)c(Br)c1Br. The minimum absolute atomic E-state index is 0.0332. The van der Waals surface area contributed by atoms with Gasteiger partial charge in [-0.1, -0.05) is 22.9 Å². The first-order valence-corrected chi connectivity index (χ1v) is 11.6. The molecule has 0 fully saturated rings. The zero-order chi connectivity index (χ0) is 22.0. The first kappa shape index (κ1) is 23.0. The van der Waals surface area contributed by atoms with E-state index >= 15 is 0 Å². The molecule has 0 spiro atoms. The normalized spacial score (nSPS) is 12.5. The van der Waals surface area contributed by atoms with Gasteiger partial charge in [0.25, 0.3) is 5.56 Å². The highest BCUT2D eigenvalue weighted by Gasteiger charge is 2.18. The van der Waals surface area contributed by atoms with Gasteiger partial charge in [0.2, 0.25) is 0 Å². The maximum atomic E-state index is 12.9. The van der Waals surface area contributed by atoms with Crippen LogP contribution in [0.3, 0.4) is 0 Å². The van der Waals surface area contributed by atoms with Gasteiger partial charge >= 0.3 is 0 Å². The highest BCUT2D eigenvalue weighted by Crippen LogP contribution is 2.42. The number of benzene rings is 2. The van der Waals surface area contributed by atoms with Gasteiger partial charge in [0.1, 0.15) is 5.82 Å². The van der Waals surface area contributed by atoms with Crippen molar-refractivity contribution in [3.05, 3.63) is 59.4 Å². The molecule has 6 nitrogen and oxygen atoms in total. The molecular weight excluding hydrogens is 582 g/mol. The summed E-state index contributed by atoms with van der Waals surface area (Å²) in [6.07, 6.45) is 2.49. The van der Waals surface area contributed by atoms with Crippen LogP contribution in [0.5, 0.6) is 11.5 Å². The predicted octanol–water partition coefficient (Wildman–Crippen LogP) is 6.06. The number of methoxy groups -OCH3 is 1. The van der Waals surface area contributed by atoms with E-state index in [2.05, 4.69) is 64.8 Å². The second kappa shape index (κ2) is 9.62. The molecule has 0 bridgehead atoms. The lowest BCUT2D eigenvalue weighted by Gasteiger charge is -2.18. The zero-order valence-electron chi connectivity index (χ0n) is 16.9. The number of halogens is 3. The quantitative estimate of drug-likeness (QED) is 0.322. The van der Waals surface area contributed by atoms with Crippen molar-refractivity contribution in [2.24, 2.45) is 5.10 Å². The summed E-state index contributed by atoms with van der Waals surface area (Å²) in [5.41, 5.74) is 1.11. The molecule has 0 aliphatic heterocycles. The Kier molecular flexibility index (Phi) is 7.36. The van der Waals surface area contributed by atoms with Crippen molar-refractivity contribution >= 4 is 64.9 Å². The molecule has 30 heavy (non-hydrogen) atoms. The minimum atomic E-state index is -0.242. The fourth-order valence-corrected chi connectivity index (χ4v) is 4.04. The number of aryl methyl sites for hydroxylation is 1. The lowest BCUT2D eigenvalue weighted by molar-refractivity contribution is 0.206. The summed E-state index contributed by atoms with van der Waals surface area (Å²) in [5, 5.41) is 4.88. The second-order valence-electron chi connectivity index (χ2n) is 6.64. The van der Waals surface area contributed by atoms with E-state index in [9.17, 15) is 4.79 Å². The maximum Gasteiger partial charge on any atom is 0.282 e. The summed E-state index contributed by atoms with van der Waals surface area (Å²) in [7, 11) is 1.58. The van der Waals surface area contributed by atoms with E-state index in [4.69, 9.17) is 9.47 Å². The average molecular weight is 602 g/mol. The fourth-order valence-electron chi connectivity index (χ4n) is 2.76. The van der Waals surface area contributed by atoms with Crippen molar-refractivity contribution in [1.29, 1.82) is 0 Å². The van der Waals surface area contributed by atoms with Crippen molar-refractivity contribution in [1.82, 2.24) is 9.66 Å². The van der Waals surface area contributed by atoms with E-state index in [1.54, 1.807) is 32.4 Å². The Morgan fingerprint density at radius 3 is 2.63 bits per heavy atom. The summed E-state index contributed by atoms with van der Waals surface area (Å²) >= 11 is 10.6. The molecule has 1 heterocycles. The molecule has 0 unspecified atom stereocenters. The van der Waals surface area contributed by atoms with Gasteiger partial charge in [-0.2, -0.15) is 9.78 Å². The van der Waals surface area contributed by atoms with Gasteiger partial charge < -0.3 is 9.47 Å². The molecule has 3 aromatic rings. The Balaban J connectivity index is 2.08. The summed E-state index contributed by atoms with van der Waals surface area (Å²) in [4.78, 5) is 17.4. The van der Waals surface area contributed by atoms with Crippen molar-refractivity contribution in [2.75, 3.05) is 7.11 Å². The van der Waals surface area contributed by atoms with Crippen molar-refractivity contribution in [2.45, 2.75) is 33.3 Å². The minimum Gasteiger partial charge on any atom is -0.493 e. The third kappa shape index (κ3) is 4.63. The first-order valence-electron chi connectivity index (χ1n) is 9.22. The standard InChI is InChI=1S/C21H20Br3N3O3/c1-5-11(2)30-20-17(29-4)8-13(18(23)19(20)24)10-25-27-12(3)26-16-7-6-14(22)9-15(16)21(27)28/h6-11H,5H2,1-4H3/t11-/m0/s1. The van der Waals surface area contributed by atoms with E-state index in [1.165, 1.54) is 4.68 Å². The number of aromatic nitrogens is 2. The van der Waals surface area contributed by atoms with E-state index in [-0.39, 0.29) is 11.7 Å². The molecule has 0 amide bonds. The van der Waals surface area contributed by atoms with Crippen LogP contribution in [-0.2, 0) is 0 Å². The van der Waals surface area contributed by atoms with Crippen LogP contribution in [0.4, 0.5) is 0 Å². The van der Waals surface area contributed by atoms with E-state index < -0.39 is 0 Å². The van der Waals surface area contributed by atoms with Crippen LogP contribution in [0.15, 0.2) is 47.6 Å². The van der Waals surface area contributed by atoms with Crippen molar-refractivity contribution in [3.8, 4) is 11.5 Å². The van der Waals surface area contributed by atoms with Crippen LogP contribution in [0.1, 0.15) is 31.7 Å². The smallest absolute Gasteiger partial charge is 0.282 e. The van der Waals surface area contributed by atoms with Crippen LogP contribution in [0.25, 0.3) is 10.9 Å². The number of ether oxygens (including phenoxy) is 2. The van der Waals surface area contributed by atoms with Gasteiger partial charge in [0.15, 0.2) is 11.5 Å². The van der Waals surface area contributed by atoms with E-state index in [1.807, 2.05) is 19.1 Å².